The number of benzene rings is 2. The molecule has 2 aromatic carbocycles. The van der Waals surface area contributed by atoms with E-state index in [1.165, 1.54) is 4.90 Å². The maximum absolute atomic E-state index is 12.1. The number of imide groups is 1. The van der Waals surface area contributed by atoms with Crippen LogP contribution in [0.25, 0.3) is 0 Å². The van der Waals surface area contributed by atoms with Crippen LogP contribution in [-0.2, 0) is 4.74 Å². The van der Waals surface area contributed by atoms with E-state index in [2.05, 4.69) is 0 Å². The van der Waals surface area contributed by atoms with Crippen molar-refractivity contribution in [1.82, 2.24) is 4.90 Å². The molecule has 3 rings (SSSR count). The summed E-state index contributed by atoms with van der Waals surface area (Å²) in [5.74, 6) is 0.279. The Balaban J connectivity index is 1.40. The lowest BCUT2D eigenvalue weighted by Crippen LogP contribution is -2.33. The first-order valence-electron chi connectivity index (χ1n) is 7.48. The van der Waals surface area contributed by atoms with Crippen LogP contribution >= 0.6 is 0 Å². The van der Waals surface area contributed by atoms with E-state index < -0.39 is 0 Å². The van der Waals surface area contributed by atoms with E-state index in [1.54, 1.807) is 24.3 Å². The number of carbonyl (C=O) groups excluding carboxylic acids is 2. The van der Waals surface area contributed by atoms with Gasteiger partial charge in [0.1, 0.15) is 12.4 Å². The summed E-state index contributed by atoms with van der Waals surface area (Å²) >= 11 is 0. The zero-order valence-corrected chi connectivity index (χ0v) is 12.6. The molecule has 2 amide bonds. The van der Waals surface area contributed by atoms with Crippen LogP contribution < -0.4 is 4.74 Å². The van der Waals surface area contributed by atoms with Crippen molar-refractivity contribution in [3.63, 3.8) is 0 Å². The summed E-state index contributed by atoms with van der Waals surface area (Å²) in [6.45, 7) is 1.37. The lowest BCUT2D eigenvalue weighted by Gasteiger charge is -2.14. The molecule has 0 aliphatic carbocycles. The Morgan fingerprint density at radius 3 is 2.00 bits per heavy atom. The molecule has 5 heteroatoms. The zero-order chi connectivity index (χ0) is 16.1. The van der Waals surface area contributed by atoms with Gasteiger partial charge in [0.05, 0.1) is 30.9 Å². The molecule has 0 bridgehead atoms. The molecule has 0 radical (unpaired) electrons. The molecule has 0 fully saturated rings. The molecule has 0 atom stereocenters. The molecule has 2 aromatic rings. The third kappa shape index (κ3) is 3.40. The van der Waals surface area contributed by atoms with Gasteiger partial charge in [0.25, 0.3) is 11.8 Å². The number of para-hydroxylation sites is 1. The predicted octanol–water partition coefficient (Wildman–Crippen LogP) is 2.38. The second-order valence-electron chi connectivity index (χ2n) is 5.08. The van der Waals surface area contributed by atoms with Gasteiger partial charge in [-0.05, 0) is 24.3 Å². The van der Waals surface area contributed by atoms with Gasteiger partial charge < -0.3 is 9.47 Å². The van der Waals surface area contributed by atoms with Crippen molar-refractivity contribution < 1.29 is 19.1 Å². The monoisotopic (exact) mass is 311 g/mol. The molecule has 0 spiro atoms. The maximum atomic E-state index is 12.1. The molecule has 0 unspecified atom stereocenters. The molecule has 23 heavy (non-hydrogen) atoms. The second-order valence-corrected chi connectivity index (χ2v) is 5.08. The Morgan fingerprint density at radius 2 is 1.35 bits per heavy atom. The van der Waals surface area contributed by atoms with E-state index in [-0.39, 0.29) is 18.4 Å². The fourth-order valence-electron chi connectivity index (χ4n) is 2.44. The van der Waals surface area contributed by atoms with E-state index in [4.69, 9.17) is 9.47 Å². The van der Waals surface area contributed by atoms with E-state index in [0.29, 0.717) is 30.9 Å². The van der Waals surface area contributed by atoms with Gasteiger partial charge in [-0.3, -0.25) is 14.5 Å². The zero-order valence-electron chi connectivity index (χ0n) is 12.6. The topological polar surface area (TPSA) is 55.8 Å². The summed E-state index contributed by atoms with van der Waals surface area (Å²) in [7, 11) is 0. The van der Waals surface area contributed by atoms with Crippen molar-refractivity contribution >= 4 is 11.8 Å². The minimum atomic E-state index is -0.255. The molecular formula is C18H17NO4. The van der Waals surface area contributed by atoms with Crippen LogP contribution in [0.4, 0.5) is 0 Å². The largest absolute Gasteiger partial charge is 0.491 e. The maximum Gasteiger partial charge on any atom is 0.261 e. The lowest BCUT2D eigenvalue weighted by molar-refractivity contribution is 0.0528. The fraction of sp³-hybridized carbons (Fsp3) is 0.222. The van der Waals surface area contributed by atoms with E-state index in [0.717, 1.165) is 5.75 Å². The molecule has 0 aromatic heterocycles. The number of rotatable bonds is 7. The fourth-order valence-corrected chi connectivity index (χ4v) is 2.44. The highest BCUT2D eigenvalue weighted by Gasteiger charge is 2.34. The molecule has 1 heterocycles. The SMILES string of the molecule is O=C1c2ccccc2C(=O)N1CCOCCOc1ccccc1. The lowest BCUT2D eigenvalue weighted by atomic mass is 10.1. The highest BCUT2D eigenvalue weighted by Crippen LogP contribution is 2.21. The Kier molecular flexibility index (Phi) is 4.68. The van der Waals surface area contributed by atoms with Gasteiger partial charge in [-0.2, -0.15) is 0 Å². The van der Waals surface area contributed by atoms with Crippen molar-refractivity contribution in [3.8, 4) is 5.75 Å². The number of hydrogen-bond acceptors (Lipinski definition) is 4. The molecule has 118 valence electrons. The van der Waals surface area contributed by atoms with Crippen molar-refractivity contribution in [2.75, 3.05) is 26.4 Å². The molecule has 0 saturated carbocycles. The molecule has 1 aliphatic heterocycles. The van der Waals surface area contributed by atoms with E-state index in [9.17, 15) is 9.59 Å². The number of amides is 2. The first-order chi connectivity index (χ1) is 11.3. The van der Waals surface area contributed by atoms with Crippen LogP contribution in [0.5, 0.6) is 5.75 Å². The summed E-state index contributed by atoms with van der Waals surface area (Å²) in [4.78, 5) is 25.5. The highest BCUT2D eigenvalue weighted by molar-refractivity contribution is 6.21. The smallest absolute Gasteiger partial charge is 0.261 e. The van der Waals surface area contributed by atoms with Gasteiger partial charge in [0.2, 0.25) is 0 Å². The minimum Gasteiger partial charge on any atom is -0.491 e. The first kappa shape index (κ1) is 15.2. The molecule has 1 aliphatic rings. The molecular weight excluding hydrogens is 294 g/mol. The highest BCUT2D eigenvalue weighted by atomic mass is 16.5. The third-order valence-electron chi connectivity index (χ3n) is 3.58. The normalized spacial score (nSPS) is 13.3. The molecule has 0 saturated heterocycles. The van der Waals surface area contributed by atoms with Crippen LogP contribution in [-0.4, -0.2) is 43.1 Å². The Morgan fingerprint density at radius 1 is 0.739 bits per heavy atom. The summed E-state index contributed by atoms with van der Waals surface area (Å²) in [6.07, 6.45) is 0. The summed E-state index contributed by atoms with van der Waals surface area (Å²) in [6, 6.07) is 16.3. The Bertz CT molecular complexity index is 664. The first-order valence-corrected chi connectivity index (χ1v) is 7.48. The number of carbonyl (C=O) groups is 2. The number of nitrogens with zero attached hydrogens (tertiary/aromatic N) is 1. The molecule has 5 nitrogen and oxygen atoms in total. The van der Waals surface area contributed by atoms with Gasteiger partial charge in [-0.25, -0.2) is 0 Å². The van der Waals surface area contributed by atoms with Crippen LogP contribution in [0.1, 0.15) is 20.7 Å². The van der Waals surface area contributed by atoms with E-state index >= 15 is 0 Å². The van der Waals surface area contributed by atoms with Gasteiger partial charge >= 0.3 is 0 Å². The second kappa shape index (κ2) is 7.07. The average Bonchev–Trinajstić information content (AvgIpc) is 2.84. The van der Waals surface area contributed by atoms with Gasteiger partial charge in [-0.15, -0.1) is 0 Å². The Hall–Kier alpha value is -2.66. The van der Waals surface area contributed by atoms with Crippen LogP contribution in [0, 0.1) is 0 Å². The molecule has 0 N–H and O–H groups in total. The number of ether oxygens (including phenoxy) is 2. The van der Waals surface area contributed by atoms with Crippen molar-refractivity contribution in [1.29, 1.82) is 0 Å². The summed E-state index contributed by atoms with van der Waals surface area (Å²) < 4.78 is 10.9. The van der Waals surface area contributed by atoms with Gasteiger partial charge in [-0.1, -0.05) is 30.3 Å². The third-order valence-corrected chi connectivity index (χ3v) is 3.58. The van der Waals surface area contributed by atoms with Crippen molar-refractivity contribution in [2.24, 2.45) is 0 Å². The van der Waals surface area contributed by atoms with Gasteiger partial charge in [0, 0.05) is 0 Å². The predicted molar refractivity (Wildman–Crippen MR) is 84.6 cm³/mol. The minimum absolute atomic E-state index is 0.248. The van der Waals surface area contributed by atoms with Gasteiger partial charge in [0.15, 0.2) is 0 Å². The Labute approximate surface area is 134 Å². The average molecular weight is 311 g/mol. The van der Waals surface area contributed by atoms with E-state index in [1.807, 2.05) is 30.3 Å². The van der Waals surface area contributed by atoms with Crippen molar-refractivity contribution in [3.05, 3.63) is 65.7 Å². The number of hydrogen-bond donors (Lipinski definition) is 0. The standard InChI is InChI=1S/C18H17NO4/c20-17-15-8-4-5-9-16(15)18(21)19(17)10-11-22-12-13-23-14-6-2-1-3-7-14/h1-9H,10-13H2. The van der Waals surface area contributed by atoms with Crippen LogP contribution in [0.15, 0.2) is 54.6 Å². The van der Waals surface area contributed by atoms with Crippen LogP contribution in [0.2, 0.25) is 0 Å². The summed E-state index contributed by atoms with van der Waals surface area (Å²) in [5.41, 5.74) is 0.926. The summed E-state index contributed by atoms with van der Waals surface area (Å²) in [5, 5.41) is 0. The number of fused-ring (bicyclic) bond motifs is 1. The van der Waals surface area contributed by atoms with Crippen molar-refractivity contribution in [2.45, 2.75) is 0 Å². The van der Waals surface area contributed by atoms with Crippen LogP contribution in [0.3, 0.4) is 0 Å². The quantitative estimate of drug-likeness (QED) is 0.582.